The molecule has 6 nitrogen and oxygen atoms in total. The van der Waals surface area contributed by atoms with E-state index in [9.17, 15) is 0 Å². The molecule has 0 N–H and O–H groups in total. The van der Waals surface area contributed by atoms with Gasteiger partial charge < -0.3 is 4.42 Å². The molecule has 142 valence electrons. The number of benzene rings is 1. The fourth-order valence-electron chi connectivity index (χ4n) is 4.13. The molecule has 1 aliphatic carbocycles. The molecule has 0 radical (unpaired) electrons. The van der Waals surface area contributed by atoms with Crippen LogP contribution >= 0.6 is 0 Å². The van der Waals surface area contributed by atoms with Crippen molar-refractivity contribution < 1.29 is 4.42 Å². The zero-order chi connectivity index (χ0) is 19.4. The quantitative estimate of drug-likeness (QED) is 0.515. The lowest BCUT2D eigenvalue weighted by Gasteiger charge is -2.13. The molecule has 4 aromatic rings. The maximum atomic E-state index is 5.54. The Morgan fingerprint density at radius 2 is 2.03 bits per heavy atom. The summed E-state index contributed by atoms with van der Waals surface area (Å²) in [6.07, 6.45) is 9.33. The van der Waals surface area contributed by atoms with Crippen molar-refractivity contribution in [1.82, 2.24) is 19.5 Å². The van der Waals surface area contributed by atoms with Crippen molar-refractivity contribution in [1.29, 1.82) is 0 Å². The van der Waals surface area contributed by atoms with Crippen LogP contribution in [0.1, 0.15) is 54.2 Å². The molecule has 0 amide bonds. The highest BCUT2D eigenvalue weighted by molar-refractivity contribution is 6.14. The van der Waals surface area contributed by atoms with Gasteiger partial charge in [-0.05, 0) is 55.5 Å². The summed E-state index contributed by atoms with van der Waals surface area (Å²) in [5.41, 5.74) is 7.11. The smallest absolute Gasteiger partial charge is 0.181 e. The molecule has 0 unspecified atom stereocenters. The lowest BCUT2D eigenvalue weighted by atomic mass is 9.99. The Hall–Kier alpha value is -3.54. The second-order valence-corrected chi connectivity index (χ2v) is 7.63. The summed E-state index contributed by atoms with van der Waals surface area (Å²) in [4.78, 5) is 18.4. The minimum absolute atomic E-state index is 0.119. The Kier molecular flexibility index (Phi) is 3.53. The average Bonchev–Trinajstić information content (AvgIpc) is 3.31. The number of imidazole rings is 1. The number of hydrogen-bond acceptors (Lipinski definition) is 5. The van der Waals surface area contributed by atoms with Crippen molar-refractivity contribution in [2.24, 2.45) is 4.99 Å². The third-order valence-electron chi connectivity index (χ3n) is 5.68. The van der Waals surface area contributed by atoms with E-state index in [1.165, 1.54) is 24.8 Å². The zero-order valence-electron chi connectivity index (χ0n) is 16.0. The van der Waals surface area contributed by atoms with Gasteiger partial charge in [-0.2, -0.15) is 0 Å². The van der Waals surface area contributed by atoms with E-state index in [2.05, 4.69) is 44.6 Å². The average molecular weight is 381 g/mol. The molecule has 0 spiro atoms. The molecule has 2 aliphatic rings. The first kappa shape index (κ1) is 16.4. The number of aliphatic imine (C=N–C) groups is 1. The summed E-state index contributed by atoms with van der Waals surface area (Å²) in [6, 6.07) is 12.6. The highest BCUT2D eigenvalue weighted by atomic mass is 16.3. The molecule has 1 aliphatic heterocycles. The largest absolute Gasteiger partial charge is 0.442 e. The van der Waals surface area contributed by atoms with Crippen LogP contribution in [-0.2, 0) is 0 Å². The van der Waals surface area contributed by atoms with Gasteiger partial charge in [0.2, 0.25) is 0 Å². The third-order valence-corrected chi connectivity index (χ3v) is 5.68. The molecule has 1 saturated carbocycles. The molecular formula is C23H19N5O. The van der Waals surface area contributed by atoms with E-state index in [4.69, 9.17) is 9.41 Å². The van der Waals surface area contributed by atoms with Crippen molar-refractivity contribution in [3.63, 3.8) is 0 Å². The number of aromatic nitrogens is 4. The van der Waals surface area contributed by atoms with Gasteiger partial charge in [0.1, 0.15) is 12.0 Å². The van der Waals surface area contributed by atoms with Gasteiger partial charge in [0.05, 0.1) is 35.0 Å². The van der Waals surface area contributed by atoms with Gasteiger partial charge in [0.25, 0.3) is 0 Å². The van der Waals surface area contributed by atoms with Crippen LogP contribution in [0.25, 0.3) is 17.1 Å². The highest BCUT2D eigenvalue weighted by Crippen LogP contribution is 2.42. The van der Waals surface area contributed by atoms with Crippen LogP contribution in [-0.4, -0.2) is 25.2 Å². The van der Waals surface area contributed by atoms with Gasteiger partial charge in [0.15, 0.2) is 12.2 Å². The standard InChI is InChI=1S/C23H19N5O/c1-14-23-22(20-11-24-13-29-20)26-12-28(23)19-8-7-16(15-5-6-15)10-17(19)21(27-14)18-4-2-3-9-25-18/h2-4,7-15H,5-6H2,1H3/t14-/m0/s1. The van der Waals surface area contributed by atoms with Gasteiger partial charge in [-0.15, -0.1) is 0 Å². The predicted molar refractivity (Wildman–Crippen MR) is 109 cm³/mol. The van der Waals surface area contributed by atoms with E-state index in [-0.39, 0.29) is 6.04 Å². The number of pyridine rings is 1. The summed E-state index contributed by atoms with van der Waals surface area (Å²) >= 11 is 0. The van der Waals surface area contributed by atoms with Crippen LogP contribution in [0.5, 0.6) is 0 Å². The first-order chi connectivity index (χ1) is 14.3. The number of hydrogen-bond donors (Lipinski definition) is 0. The number of nitrogens with zero attached hydrogens (tertiary/aromatic N) is 5. The fraction of sp³-hybridized carbons (Fsp3) is 0.217. The maximum absolute atomic E-state index is 5.54. The van der Waals surface area contributed by atoms with Gasteiger partial charge >= 0.3 is 0 Å². The van der Waals surface area contributed by atoms with Crippen molar-refractivity contribution in [2.75, 3.05) is 0 Å². The lowest BCUT2D eigenvalue weighted by molar-refractivity contribution is 0.568. The molecule has 6 heteroatoms. The minimum atomic E-state index is -0.119. The first-order valence-electron chi connectivity index (χ1n) is 9.89. The molecule has 6 rings (SSSR count). The molecule has 0 bridgehead atoms. The van der Waals surface area contributed by atoms with Crippen LogP contribution in [0, 0.1) is 0 Å². The van der Waals surface area contributed by atoms with Crippen LogP contribution in [0.2, 0.25) is 0 Å². The molecular weight excluding hydrogens is 362 g/mol. The lowest BCUT2D eigenvalue weighted by Crippen LogP contribution is -2.09. The van der Waals surface area contributed by atoms with E-state index >= 15 is 0 Å². The van der Waals surface area contributed by atoms with Crippen LogP contribution in [0.3, 0.4) is 0 Å². The van der Waals surface area contributed by atoms with E-state index in [1.807, 2.05) is 30.7 Å². The van der Waals surface area contributed by atoms with E-state index in [1.54, 1.807) is 6.20 Å². The maximum Gasteiger partial charge on any atom is 0.181 e. The summed E-state index contributed by atoms with van der Waals surface area (Å²) in [5.74, 6) is 1.32. The molecule has 1 aromatic carbocycles. The second-order valence-electron chi connectivity index (χ2n) is 7.63. The van der Waals surface area contributed by atoms with Crippen molar-refractivity contribution >= 4 is 5.71 Å². The molecule has 3 aromatic heterocycles. The zero-order valence-corrected chi connectivity index (χ0v) is 16.0. The first-order valence-corrected chi connectivity index (χ1v) is 9.89. The summed E-state index contributed by atoms with van der Waals surface area (Å²) in [6.45, 7) is 2.09. The Balaban J connectivity index is 1.62. The monoisotopic (exact) mass is 381 g/mol. The van der Waals surface area contributed by atoms with Crippen LogP contribution in [0.4, 0.5) is 0 Å². The molecule has 0 saturated heterocycles. The fourth-order valence-corrected chi connectivity index (χ4v) is 4.13. The SMILES string of the molecule is C[C@@H]1N=C(c2ccccn2)c2cc(C3CC3)ccc2-n2cnc(-c3cnco3)c21. The normalized spacial score (nSPS) is 18.0. The Morgan fingerprint density at radius 3 is 2.79 bits per heavy atom. The molecule has 1 atom stereocenters. The minimum Gasteiger partial charge on any atom is -0.442 e. The van der Waals surface area contributed by atoms with E-state index in [0.717, 1.165) is 34.0 Å². The molecule has 1 fully saturated rings. The Labute approximate surface area is 168 Å². The van der Waals surface area contributed by atoms with Gasteiger partial charge in [-0.1, -0.05) is 12.1 Å². The van der Waals surface area contributed by atoms with E-state index in [0.29, 0.717) is 11.7 Å². The third kappa shape index (κ3) is 2.63. The van der Waals surface area contributed by atoms with E-state index < -0.39 is 0 Å². The summed E-state index contributed by atoms with van der Waals surface area (Å²) < 4.78 is 7.68. The second kappa shape index (κ2) is 6.24. The number of fused-ring (bicyclic) bond motifs is 3. The molecule has 4 heterocycles. The van der Waals surface area contributed by atoms with Crippen molar-refractivity contribution in [3.8, 4) is 17.1 Å². The molecule has 29 heavy (non-hydrogen) atoms. The number of rotatable bonds is 3. The van der Waals surface area contributed by atoms with Crippen LogP contribution < -0.4 is 0 Å². The Bertz CT molecular complexity index is 1220. The van der Waals surface area contributed by atoms with Gasteiger partial charge in [-0.3, -0.25) is 14.5 Å². The summed E-state index contributed by atoms with van der Waals surface area (Å²) in [7, 11) is 0. The summed E-state index contributed by atoms with van der Waals surface area (Å²) in [5, 5.41) is 0. The number of oxazole rings is 1. The highest BCUT2D eigenvalue weighted by Gasteiger charge is 2.30. The van der Waals surface area contributed by atoms with Gasteiger partial charge in [-0.25, -0.2) is 9.97 Å². The van der Waals surface area contributed by atoms with Gasteiger partial charge in [0, 0.05) is 11.8 Å². The van der Waals surface area contributed by atoms with Crippen LogP contribution in [0.15, 0.2) is 70.9 Å². The predicted octanol–water partition coefficient (Wildman–Crippen LogP) is 4.71. The topological polar surface area (TPSA) is 69.1 Å². The Morgan fingerprint density at radius 1 is 1.10 bits per heavy atom. The van der Waals surface area contributed by atoms with Crippen molar-refractivity contribution in [3.05, 3.63) is 84.0 Å². The van der Waals surface area contributed by atoms with Crippen molar-refractivity contribution in [2.45, 2.75) is 31.7 Å².